The van der Waals surface area contributed by atoms with Crippen molar-refractivity contribution in [1.82, 2.24) is 0 Å². The van der Waals surface area contributed by atoms with Crippen LogP contribution >= 0.6 is 31.9 Å². The van der Waals surface area contributed by atoms with Gasteiger partial charge in [-0.2, -0.15) is 0 Å². The monoisotopic (exact) mass is 526 g/mol. The molecule has 0 aliphatic rings. The predicted octanol–water partition coefficient (Wildman–Crippen LogP) is 6.44. The molecule has 4 nitrogen and oxygen atoms in total. The molecule has 0 aromatic heterocycles. The van der Waals surface area contributed by atoms with Crippen LogP contribution in [0.2, 0.25) is 0 Å². The first-order chi connectivity index (χ1) is 14.3. The number of rotatable bonds is 5. The molecule has 0 radical (unpaired) electrons. The fourth-order valence-corrected chi connectivity index (χ4v) is 4.66. The minimum absolute atomic E-state index is 0.152. The third-order valence-electron chi connectivity index (χ3n) is 5.07. The second-order valence-corrected chi connectivity index (χ2v) is 8.90. The van der Waals surface area contributed by atoms with Crippen LogP contribution in [0.3, 0.4) is 0 Å². The van der Waals surface area contributed by atoms with Gasteiger partial charge in [0.1, 0.15) is 0 Å². The van der Waals surface area contributed by atoms with Gasteiger partial charge in [0.25, 0.3) is 0 Å². The Hall–Kier alpha value is -2.70. The fourth-order valence-electron chi connectivity index (χ4n) is 3.90. The van der Waals surface area contributed by atoms with Gasteiger partial charge in [0, 0.05) is 8.95 Å². The summed E-state index contributed by atoms with van der Waals surface area (Å²) in [4.78, 5) is 23.2. The van der Waals surface area contributed by atoms with Crippen LogP contribution in [0.1, 0.15) is 11.1 Å². The number of carboxylic acids is 2. The molecule has 30 heavy (non-hydrogen) atoms. The number of aliphatic carboxylic acids is 2. The van der Waals surface area contributed by atoms with Gasteiger partial charge >= 0.3 is 11.9 Å². The summed E-state index contributed by atoms with van der Waals surface area (Å²) in [5.74, 6) is -1.87. The van der Waals surface area contributed by atoms with Gasteiger partial charge in [-0.1, -0.05) is 68.3 Å². The molecule has 150 valence electrons. The van der Waals surface area contributed by atoms with Crippen molar-refractivity contribution in [2.75, 3.05) is 0 Å². The molecule has 0 aliphatic heterocycles. The minimum atomic E-state index is -0.935. The van der Waals surface area contributed by atoms with E-state index in [0.717, 1.165) is 41.6 Å². The highest BCUT2D eigenvalue weighted by Crippen LogP contribution is 2.40. The molecule has 0 atom stereocenters. The Kier molecular flexibility index (Phi) is 5.62. The van der Waals surface area contributed by atoms with Crippen LogP contribution in [-0.4, -0.2) is 22.2 Å². The van der Waals surface area contributed by atoms with Crippen LogP contribution < -0.4 is 0 Å². The topological polar surface area (TPSA) is 74.6 Å². The number of carboxylic acid groups (broad SMARTS) is 2. The molecule has 0 heterocycles. The Morgan fingerprint density at radius 1 is 0.633 bits per heavy atom. The summed E-state index contributed by atoms with van der Waals surface area (Å²) < 4.78 is 1.83. The van der Waals surface area contributed by atoms with Crippen LogP contribution in [0.15, 0.2) is 69.6 Å². The Morgan fingerprint density at radius 3 is 1.40 bits per heavy atom. The molecule has 0 saturated carbocycles. The van der Waals surface area contributed by atoms with Gasteiger partial charge in [-0.25, -0.2) is 0 Å². The molecule has 0 saturated heterocycles. The zero-order valence-corrected chi connectivity index (χ0v) is 18.8. The average molecular weight is 528 g/mol. The summed E-state index contributed by atoms with van der Waals surface area (Å²) >= 11 is 6.98. The normalized spacial score (nSPS) is 11.1. The lowest BCUT2D eigenvalue weighted by molar-refractivity contribution is -0.137. The van der Waals surface area contributed by atoms with E-state index in [1.165, 1.54) is 0 Å². The summed E-state index contributed by atoms with van der Waals surface area (Å²) in [6.45, 7) is 0. The lowest BCUT2D eigenvalue weighted by Gasteiger charge is -2.18. The molecule has 0 amide bonds. The molecule has 0 spiro atoms. The van der Waals surface area contributed by atoms with Crippen molar-refractivity contribution in [3.8, 4) is 11.1 Å². The molecule has 6 heteroatoms. The highest BCUT2D eigenvalue weighted by molar-refractivity contribution is 9.10. The number of carbonyl (C=O) groups is 2. The van der Waals surface area contributed by atoms with E-state index in [2.05, 4.69) is 31.9 Å². The summed E-state index contributed by atoms with van der Waals surface area (Å²) in [6.07, 6.45) is -0.304. The largest absolute Gasteiger partial charge is 0.481 e. The lowest BCUT2D eigenvalue weighted by Crippen LogP contribution is -2.06. The quantitative estimate of drug-likeness (QED) is 0.313. The zero-order valence-electron chi connectivity index (χ0n) is 15.7. The Morgan fingerprint density at radius 2 is 1.03 bits per heavy atom. The summed E-state index contributed by atoms with van der Waals surface area (Å²) in [6, 6.07) is 19.1. The maximum Gasteiger partial charge on any atom is 0.307 e. The molecule has 4 aromatic rings. The number of halogens is 2. The first-order valence-corrected chi connectivity index (χ1v) is 10.8. The van der Waals surface area contributed by atoms with Crippen LogP contribution in [0.25, 0.3) is 32.7 Å². The van der Waals surface area contributed by atoms with Crippen molar-refractivity contribution < 1.29 is 19.8 Å². The first kappa shape index (κ1) is 20.6. The Balaban J connectivity index is 2.17. The van der Waals surface area contributed by atoms with Crippen LogP contribution in [0.4, 0.5) is 0 Å². The number of fused-ring (bicyclic) bond motifs is 2. The van der Waals surface area contributed by atoms with Gasteiger partial charge in [-0.3, -0.25) is 9.59 Å². The van der Waals surface area contributed by atoms with Crippen molar-refractivity contribution in [3.05, 3.63) is 80.7 Å². The highest BCUT2D eigenvalue weighted by atomic mass is 79.9. The van der Waals surface area contributed by atoms with Gasteiger partial charge in [-0.15, -0.1) is 0 Å². The number of benzene rings is 4. The van der Waals surface area contributed by atoms with Crippen LogP contribution in [0, 0.1) is 0 Å². The minimum Gasteiger partial charge on any atom is -0.481 e. The van der Waals surface area contributed by atoms with Gasteiger partial charge in [0.15, 0.2) is 0 Å². The van der Waals surface area contributed by atoms with Crippen molar-refractivity contribution in [2.24, 2.45) is 0 Å². The maximum atomic E-state index is 11.6. The first-order valence-electron chi connectivity index (χ1n) is 9.20. The third kappa shape index (κ3) is 3.98. The standard InChI is InChI=1S/C24H16Br2O4/c25-17-5-7-19-13(9-17)1-3-15(11-21(27)28)23(19)24-16(12-22(29)30)4-2-14-10-18(26)6-8-20(14)24/h1-10H,11-12H2,(H,27,28)(H,29,30). The molecule has 0 bridgehead atoms. The van der Waals surface area contributed by atoms with Crippen molar-refractivity contribution >= 4 is 65.3 Å². The van der Waals surface area contributed by atoms with Crippen LogP contribution in [0.5, 0.6) is 0 Å². The zero-order chi connectivity index (χ0) is 21.4. The summed E-state index contributed by atoms with van der Waals surface area (Å²) in [7, 11) is 0. The summed E-state index contributed by atoms with van der Waals surface area (Å²) in [5.41, 5.74) is 2.84. The Bertz CT molecular complexity index is 1220. The van der Waals surface area contributed by atoms with Gasteiger partial charge in [0.05, 0.1) is 12.8 Å². The van der Waals surface area contributed by atoms with E-state index in [9.17, 15) is 19.8 Å². The molecule has 0 unspecified atom stereocenters. The van der Waals surface area contributed by atoms with Crippen molar-refractivity contribution in [1.29, 1.82) is 0 Å². The van der Waals surface area contributed by atoms with Crippen molar-refractivity contribution in [3.63, 3.8) is 0 Å². The maximum absolute atomic E-state index is 11.6. The fraction of sp³-hybridized carbons (Fsp3) is 0.0833. The van der Waals surface area contributed by atoms with E-state index >= 15 is 0 Å². The number of hydrogen-bond acceptors (Lipinski definition) is 2. The second-order valence-electron chi connectivity index (χ2n) is 7.07. The number of hydrogen-bond donors (Lipinski definition) is 2. The molecular formula is C24H16Br2O4. The molecule has 4 rings (SSSR count). The van der Waals surface area contributed by atoms with Crippen LogP contribution in [-0.2, 0) is 22.4 Å². The molecule has 2 N–H and O–H groups in total. The van der Waals surface area contributed by atoms with Crippen molar-refractivity contribution in [2.45, 2.75) is 12.8 Å². The molecular weight excluding hydrogens is 512 g/mol. The highest BCUT2D eigenvalue weighted by Gasteiger charge is 2.19. The van der Waals surface area contributed by atoms with Gasteiger partial charge < -0.3 is 10.2 Å². The van der Waals surface area contributed by atoms with Gasteiger partial charge in [0.2, 0.25) is 0 Å². The van der Waals surface area contributed by atoms with E-state index in [-0.39, 0.29) is 12.8 Å². The summed E-state index contributed by atoms with van der Waals surface area (Å²) in [5, 5.41) is 22.7. The SMILES string of the molecule is O=C(O)Cc1ccc2cc(Br)ccc2c1-c1c(CC(=O)O)ccc2cc(Br)ccc12. The van der Waals surface area contributed by atoms with E-state index in [1.54, 1.807) is 0 Å². The van der Waals surface area contributed by atoms with E-state index < -0.39 is 11.9 Å². The van der Waals surface area contributed by atoms with E-state index in [4.69, 9.17) is 0 Å². The molecule has 0 fully saturated rings. The smallest absolute Gasteiger partial charge is 0.307 e. The third-order valence-corrected chi connectivity index (χ3v) is 6.06. The molecule has 0 aliphatic carbocycles. The molecule has 4 aromatic carbocycles. The second kappa shape index (κ2) is 8.20. The Labute approximate surface area is 189 Å². The van der Waals surface area contributed by atoms with E-state index in [1.807, 2.05) is 60.7 Å². The van der Waals surface area contributed by atoms with E-state index in [0.29, 0.717) is 11.1 Å². The average Bonchev–Trinajstić information content (AvgIpc) is 2.67. The lowest BCUT2D eigenvalue weighted by atomic mass is 9.85. The predicted molar refractivity (Wildman–Crippen MR) is 125 cm³/mol. The van der Waals surface area contributed by atoms with Gasteiger partial charge in [-0.05, 0) is 68.1 Å².